The van der Waals surface area contributed by atoms with Crippen molar-refractivity contribution >= 4 is 33.7 Å². The monoisotopic (exact) mass is 299 g/mol. The van der Waals surface area contributed by atoms with E-state index in [4.69, 9.17) is 10.00 Å². The van der Waals surface area contributed by atoms with Crippen LogP contribution in [0.2, 0.25) is 0 Å². The summed E-state index contributed by atoms with van der Waals surface area (Å²) in [6, 6.07) is 7.41. The van der Waals surface area contributed by atoms with E-state index >= 15 is 0 Å². The van der Waals surface area contributed by atoms with Gasteiger partial charge in [-0.05, 0) is 41.1 Å². The molecule has 16 heavy (non-hydrogen) atoms. The summed E-state index contributed by atoms with van der Waals surface area (Å²) in [7, 11) is 0. The number of hydrogen-bond donors (Lipinski definition) is 0. The van der Waals surface area contributed by atoms with Crippen molar-refractivity contribution in [3.63, 3.8) is 0 Å². The lowest BCUT2D eigenvalue weighted by atomic mass is 10.2. The molecule has 1 rings (SSSR count). The Bertz CT molecular complexity index is 428. The van der Waals surface area contributed by atoms with Crippen LogP contribution in [0.3, 0.4) is 0 Å². The lowest BCUT2D eigenvalue weighted by Crippen LogP contribution is -2.06. The van der Waals surface area contributed by atoms with Gasteiger partial charge in [-0.3, -0.25) is 4.79 Å². The summed E-state index contributed by atoms with van der Waals surface area (Å²) >= 11 is 4.68. The van der Waals surface area contributed by atoms with Crippen LogP contribution in [0, 0.1) is 11.3 Å². The standard InChI is InChI=1S/C11H10BrNO2S/c1-2-15-11(14)7-16-9-4-3-8(6-13)10(12)5-9/h3-5H,2,7H2,1H3. The summed E-state index contributed by atoms with van der Waals surface area (Å²) in [5.74, 6) is 0.0552. The number of esters is 1. The average molecular weight is 300 g/mol. The van der Waals surface area contributed by atoms with E-state index in [1.807, 2.05) is 12.1 Å². The molecule has 0 N–H and O–H groups in total. The Morgan fingerprint density at radius 1 is 1.62 bits per heavy atom. The molecule has 0 heterocycles. The summed E-state index contributed by atoms with van der Waals surface area (Å²) in [4.78, 5) is 12.0. The maximum Gasteiger partial charge on any atom is 0.316 e. The number of thioether (sulfide) groups is 1. The molecule has 0 unspecified atom stereocenters. The first-order valence-electron chi connectivity index (χ1n) is 4.65. The Morgan fingerprint density at radius 2 is 2.38 bits per heavy atom. The number of carbonyl (C=O) groups is 1. The minimum Gasteiger partial charge on any atom is -0.465 e. The van der Waals surface area contributed by atoms with E-state index < -0.39 is 0 Å². The second-order valence-corrected chi connectivity index (χ2v) is 4.75. The number of ether oxygens (including phenoxy) is 1. The Kier molecular flexibility index (Phi) is 5.36. The van der Waals surface area contributed by atoms with Gasteiger partial charge in [-0.1, -0.05) is 0 Å². The highest BCUT2D eigenvalue weighted by Gasteiger charge is 2.05. The molecule has 0 radical (unpaired) electrons. The van der Waals surface area contributed by atoms with Crippen LogP contribution in [0.1, 0.15) is 12.5 Å². The van der Waals surface area contributed by atoms with Crippen molar-refractivity contribution in [3.05, 3.63) is 28.2 Å². The predicted molar refractivity (Wildman–Crippen MR) is 66.2 cm³/mol. The summed E-state index contributed by atoms with van der Waals surface area (Å²) in [6.07, 6.45) is 0. The molecule has 84 valence electrons. The highest BCUT2D eigenvalue weighted by Crippen LogP contribution is 2.24. The van der Waals surface area contributed by atoms with Crippen LogP contribution < -0.4 is 0 Å². The number of rotatable bonds is 4. The van der Waals surface area contributed by atoms with E-state index in [2.05, 4.69) is 22.0 Å². The fourth-order valence-corrected chi connectivity index (χ4v) is 2.37. The highest BCUT2D eigenvalue weighted by molar-refractivity contribution is 9.10. The number of benzene rings is 1. The quantitative estimate of drug-likeness (QED) is 0.633. The van der Waals surface area contributed by atoms with Crippen LogP contribution in [-0.2, 0) is 9.53 Å². The molecule has 0 aliphatic carbocycles. The van der Waals surface area contributed by atoms with E-state index in [0.29, 0.717) is 12.2 Å². The molecule has 0 spiro atoms. The van der Waals surface area contributed by atoms with Gasteiger partial charge in [0, 0.05) is 9.37 Å². The maximum atomic E-state index is 11.1. The number of halogens is 1. The average Bonchev–Trinajstić information content (AvgIpc) is 2.27. The van der Waals surface area contributed by atoms with Crippen molar-refractivity contribution in [1.29, 1.82) is 5.26 Å². The molecule has 0 amide bonds. The first-order chi connectivity index (χ1) is 7.67. The third-order valence-electron chi connectivity index (χ3n) is 1.72. The number of carbonyl (C=O) groups excluding carboxylic acids is 1. The first-order valence-corrected chi connectivity index (χ1v) is 6.43. The van der Waals surface area contributed by atoms with Crippen molar-refractivity contribution in [2.45, 2.75) is 11.8 Å². The van der Waals surface area contributed by atoms with Crippen molar-refractivity contribution < 1.29 is 9.53 Å². The van der Waals surface area contributed by atoms with Gasteiger partial charge in [-0.2, -0.15) is 5.26 Å². The lowest BCUT2D eigenvalue weighted by molar-refractivity contribution is -0.139. The molecule has 5 heteroatoms. The third kappa shape index (κ3) is 3.87. The van der Waals surface area contributed by atoms with Crippen LogP contribution in [0.5, 0.6) is 0 Å². The van der Waals surface area contributed by atoms with Crippen molar-refractivity contribution in [1.82, 2.24) is 0 Å². The molecule has 1 aromatic rings. The zero-order chi connectivity index (χ0) is 12.0. The Balaban J connectivity index is 2.59. The van der Waals surface area contributed by atoms with Crippen molar-refractivity contribution in [2.75, 3.05) is 12.4 Å². The third-order valence-corrected chi connectivity index (χ3v) is 3.35. The molecule has 1 aromatic carbocycles. The zero-order valence-corrected chi connectivity index (χ0v) is 11.1. The number of nitrogens with zero attached hydrogens (tertiary/aromatic N) is 1. The van der Waals surface area contributed by atoms with E-state index in [1.165, 1.54) is 11.8 Å². The van der Waals surface area contributed by atoms with Gasteiger partial charge in [0.1, 0.15) is 6.07 Å². The normalized spacial score (nSPS) is 9.56. The molecule has 0 aliphatic heterocycles. The van der Waals surface area contributed by atoms with E-state index in [1.54, 1.807) is 13.0 Å². The minimum atomic E-state index is -0.229. The molecule has 0 fully saturated rings. The second-order valence-electron chi connectivity index (χ2n) is 2.85. The van der Waals surface area contributed by atoms with Gasteiger partial charge in [0.25, 0.3) is 0 Å². The van der Waals surface area contributed by atoms with Crippen LogP contribution in [0.4, 0.5) is 0 Å². The summed E-state index contributed by atoms with van der Waals surface area (Å²) in [5.41, 5.74) is 0.584. The van der Waals surface area contributed by atoms with Crippen LogP contribution >= 0.6 is 27.7 Å². The van der Waals surface area contributed by atoms with Crippen molar-refractivity contribution in [3.8, 4) is 6.07 Å². The van der Waals surface area contributed by atoms with E-state index in [0.717, 1.165) is 9.37 Å². The molecule has 3 nitrogen and oxygen atoms in total. The van der Waals surface area contributed by atoms with Gasteiger partial charge in [0.2, 0.25) is 0 Å². The Labute approximate surface area is 107 Å². The van der Waals surface area contributed by atoms with Crippen LogP contribution in [0.25, 0.3) is 0 Å². The van der Waals surface area contributed by atoms with Gasteiger partial charge >= 0.3 is 5.97 Å². The lowest BCUT2D eigenvalue weighted by Gasteiger charge is -2.03. The molecule has 0 aromatic heterocycles. The molecule has 0 bridgehead atoms. The summed E-state index contributed by atoms with van der Waals surface area (Å²) in [6.45, 7) is 2.18. The van der Waals surface area contributed by atoms with Gasteiger partial charge < -0.3 is 4.74 Å². The maximum absolute atomic E-state index is 11.1. The van der Waals surface area contributed by atoms with Gasteiger partial charge in [0.05, 0.1) is 17.9 Å². The summed E-state index contributed by atoms with van der Waals surface area (Å²) < 4.78 is 5.55. The molecule has 0 atom stereocenters. The highest BCUT2D eigenvalue weighted by atomic mass is 79.9. The minimum absolute atomic E-state index is 0.229. The van der Waals surface area contributed by atoms with Crippen LogP contribution in [-0.4, -0.2) is 18.3 Å². The molecular weight excluding hydrogens is 290 g/mol. The van der Waals surface area contributed by atoms with Gasteiger partial charge in [-0.15, -0.1) is 11.8 Å². The molecule has 0 saturated carbocycles. The predicted octanol–water partition coefficient (Wildman–Crippen LogP) is 2.98. The molecule has 0 saturated heterocycles. The van der Waals surface area contributed by atoms with E-state index in [-0.39, 0.29) is 11.7 Å². The SMILES string of the molecule is CCOC(=O)CSc1ccc(C#N)c(Br)c1. The number of hydrogen-bond acceptors (Lipinski definition) is 4. The zero-order valence-electron chi connectivity index (χ0n) is 8.70. The number of nitriles is 1. The fourth-order valence-electron chi connectivity index (χ4n) is 1.02. The van der Waals surface area contributed by atoms with Gasteiger partial charge in [0.15, 0.2) is 0 Å². The van der Waals surface area contributed by atoms with Crippen LogP contribution in [0.15, 0.2) is 27.6 Å². The smallest absolute Gasteiger partial charge is 0.316 e. The Morgan fingerprint density at radius 3 is 2.94 bits per heavy atom. The Hall–Kier alpha value is -0.990. The van der Waals surface area contributed by atoms with E-state index in [9.17, 15) is 4.79 Å². The molecular formula is C11H10BrNO2S. The summed E-state index contributed by atoms with van der Waals surface area (Å²) in [5, 5.41) is 8.74. The topological polar surface area (TPSA) is 50.1 Å². The van der Waals surface area contributed by atoms with Gasteiger partial charge in [-0.25, -0.2) is 0 Å². The fraction of sp³-hybridized carbons (Fsp3) is 0.273. The molecule has 0 aliphatic rings. The van der Waals surface area contributed by atoms with Crippen molar-refractivity contribution in [2.24, 2.45) is 0 Å². The second kappa shape index (κ2) is 6.56. The largest absolute Gasteiger partial charge is 0.465 e. The first kappa shape index (κ1) is 13.1.